The van der Waals surface area contributed by atoms with Crippen LogP contribution in [0.4, 0.5) is 0 Å². The second-order valence-corrected chi connectivity index (χ2v) is 7.01. The lowest BCUT2D eigenvalue weighted by Crippen LogP contribution is -2.35. The molecular formula is C21H23N3O2. The molecule has 1 aromatic heterocycles. The molecule has 26 heavy (non-hydrogen) atoms. The fraction of sp³-hybridized carbons (Fsp3) is 0.333. The van der Waals surface area contributed by atoms with Gasteiger partial charge in [0.05, 0.1) is 5.69 Å². The third kappa shape index (κ3) is 3.48. The number of carbonyl (C=O) groups excluding carboxylic acids is 1. The van der Waals surface area contributed by atoms with Gasteiger partial charge in [0.1, 0.15) is 5.76 Å². The highest BCUT2D eigenvalue weighted by Crippen LogP contribution is 2.26. The molecule has 0 bridgehead atoms. The topological polar surface area (TPSA) is 58.4 Å². The van der Waals surface area contributed by atoms with Crippen LogP contribution in [0.1, 0.15) is 24.8 Å². The van der Waals surface area contributed by atoms with Crippen LogP contribution in [0.3, 0.4) is 0 Å². The number of nitrogens with one attached hydrogen (secondary N) is 1. The zero-order chi connectivity index (χ0) is 18.1. The van der Waals surface area contributed by atoms with Crippen LogP contribution in [0, 0.1) is 6.92 Å². The van der Waals surface area contributed by atoms with E-state index in [0.717, 1.165) is 43.1 Å². The van der Waals surface area contributed by atoms with Crippen LogP contribution < -0.4 is 5.32 Å². The molecule has 1 saturated heterocycles. The van der Waals surface area contributed by atoms with Gasteiger partial charge in [0.2, 0.25) is 11.8 Å². The molecule has 4 rings (SSSR count). The molecule has 1 atom stereocenters. The summed E-state index contributed by atoms with van der Waals surface area (Å²) in [7, 11) is 0. The average Bonchev–Trinajstić information content (AvgIpc) is 3.21. The van der Waals surface area contributed by atoms with E-state index in [1.807, 2.05) is 19.1 Å². The molecule has 2 aromatic carbocycles. The predicted octanol–water partition coefficient (Wildman–Crippen LogP) is 3.51. The number of oxazole rings is 1. The monoisotopic (exact) mass is 349 g/mol. The normalized spacial score (nSPS) is 17.7. The average molecular weight is 349 g/mol. The molecule has 5 heteroatoms. The van der Waals surface area contributed by atoms with Gasteiger partial charge >= 0.3 is 0 Å². The minimum absolute atomic E-state index is 0.0352. The van der Waals surface area contributed by atoms with Crippen molar-refractivity contribution in [3.63, 3.8) is 0 Å². The Balaban J connectivity index is 1.51. The van der Waals surface area contributed by atoms with Crippen LogP contribution in [0.15, 0.2) is 46.9 Å². The molecule has 1 fully saturated rings. The Labute approximate surface area is 153 Å². The largest absolute Gasteiger partial charge is 0.441 e. The van der Waals surface area contributed by atoms with Crippen molar-refractivity contribution >= 4 is 16.7 Å². The summed E-state index contributed by atoms with van der Waals surface area (Å²) in [6.45, 7) is 6.10. The number of fused-ring (bicyclic) bond motifs is 1. The Kier molecular flexibility index (Phi) is 4.47. The van der Waals surface area contributed by atoms with Crippen molar-refractivity contribution in [3.05, 3.63) is 53.9 Å². The first kappa shape index (κ1) is 16.8. The molecule has 0 spiro atoms. The number of benzene rings is 2. The number of amides is 1. The summed E-state index contributed by atoms with van der Waals surface area (Å²) in [5.74, 6) is 1.56. The molecule has 1 unspecified atom stereocenters. The van der Waals surface area contributed by atoms with E-state index in [4.69, 9.17) is 9.40 Å². The van der Waals surface area contributed by atoms with E-state index in [0.29, 0.717) is 5.89 Å². The minimum Gasteiger partial charge on any atom is -0.441 e. The van der Waals surface area contributed by atoms with Crippen molar-refractivity contribution in [2.24, 2.45) is 0 Å². The Hall–Kier alpha value is -2.66. The van der Waals surface area contributed by atoms with Gasteiger partial charge in [-0.15, -0.1) is 0 Å². The smallest absolute Gasteiger partial charge is 0.226 e. The maximum absolute atomic E-state index is 11.2. The standard InChI is InChI=1S/C21H23N3O2/c1-14-20(13-24-10-9-19(12-24)22-15(2)25)23-21(26-14)18-8-7-16-5-3-4-6-17(16)11-18/h3-8,11,19H,9-10,12-13H2,1-2H3,(H,22,25). The molecule has 0 radical (unpaired) electrons. The maximum atomic E-state index is 11.2. The fourth-order valence-electron chi connectivity index (χ4n) is 3.61. The van der Waals surface area contributed by atoms with Gasteiger partial charge in [-0.1, -0.05) is 30.3 Å². The molecule has 1 amide bonds. The van der Waals surface area contributed by atoms with E-state index in [1.165, 1.54) is 10.8 Å². The Morgan fingerprint density at radius 2 is 2.08 bits per heavy atom. The second kappa shape index (κ2) is 6.92. The first-order valence-corrected chi connectivity index (χ1v) is 9.03. The lowest BCUT2D eigenvalue weighted by molar-refractivity contribution is -0.119. The number of nitrogens with zero attached hydrogens (tertiary/aromatic N) is 2. The van der Waals surface area contributed by atoms with Gasteiger partial charge in [-0.3, -0.25) is 9.69 Å². The van der Waals surface area contributed by atoms with Crippen molar-refractivity contribution < 1.29 is 9.21 Å². The van der Waals surface area contributed by atoms with Gasteiger partial charge in [0, 0.05) is 38.2 Å². The highest BCUT2D eigenvalue weighted by atomic mass is 16.4. The summed E-state index contributed by atoms with van der Waals surface area (Å²) in [6.07, 6.45) is 0.980. The summed E-state index contributed by atoms with van der Waals surface area (Å²) in [5, 5.41) is 5.39. The Morgan fingerprint density at radius 3 is 2.88 bits per heavy atom. The molecule has 1 aliphatic rings. The van der Waals surface area contributed by atoms with Gasteiger partial charge < -0.3 is 9.73 Å². The van der Waals surface area contributed by atoms with Crippen molar-refractivity contribution in [2.75, 3.05) is 13.1 Å². The van der Waals surface area contributed by atoms with E-state index in [1.54, 1.807) is 6.92 Å². The van der Waals surface area contributed by atoms with Gasteiger partial charge in [0.25, 0.3) is 0 Å². The minimum atomic E-state index is 0.0352. The third-order valence-corrected chi connectivity index (χ3v) is 4.94. The number of hydrogen-bond acceptors (Lipinski definition) is 4. The van der Waals surface area contributed by atoms with E-state index >= 15 is 0 Å². The summed E-state index contributed by atoms with van der Waals surface area (Å²) >= 11 is 0. The third-order valence-electron chi connectivity index (χ3n) is 4.94. The van der Waals surface area contributed by atoms with Gasteiger partial charge in [-0.25, -0.2) is 4.98 Å². The molecule has 3 aromatic rings. The number of hydrogen-bond donors (Lipinski definition) is 1. The molecule has 134 valence electrons. The zero-order valence-electron chi connectivity index (χ0n) is 15.2. The maximum Gasteiger partial charge on any atom is 0.226 e. The Morgan fingerprint density at radius 1 is 1.27 bits per heavy atom. The molecule has 1 aliphatic heterocycles. The van der Waals surface area contributed by atoms with Gasteiger partial charge in [-0.2, -0.15) is 0 Å². The number of carbonyl (C=O) groups is 1. The van der Waals surface area contributed by atoms with Crippen LogP contribution >= 0.6 is 0 Å². The quantitative estimate of drug-likeness (QED) is 0.783. The molecule has 0 saturated carbocycles. The van der Waals surface area contributed by atoms with E-state index < -0.39 is 0 Å². The number of rotatable bonds is 4. The van der Waals surface area contributed by atoms with Crippen molar-refractivity contribution in [1.82, 2.24) is 15.2 Å². The number of likely N-dealkylation sites (tertiary alicyclic amines) is 1. The first-order valence-electron chi connectivity index (χ1n) is 9.03. The highest BCUT2D eigenvalue weighted by Gasteiger charge is 2.24. The van der Waals surface area contributed by atoms with Crippen LogP contribution in [-0.2, 0) is 11.3 Å². The van der Waals surface area contributed by atoms with Gasteiger partial charge in [0.15, 0.2) is 0 Å². The molecule has 1 N–H and O–H groups in total. The van der Waals surface area contributed by atoms with E-state index in [2.05, 4.69) is 40.5 Å². The summed E-state index contributed by atoms with van der Waals surface area (Å²) in [5.41, 5.74) is 1.97. The predicted molar refractivity (Wildman–Crippen MR) is 102 cm³/mol. The van der Waals surface area contributed by atoms with Crippen LogP contribution in [-0.4, -0.2) is 34.9 Å². The summed E-state index contributed by atoms with van der Waals surface area (Å²) in [6, 6.07) is 14.8. The first-order chi connectivity index (χ1) is 12.6. The molecule has 2 heterocycles. The molecule has 0 aliphatic carbocycles. The number of aromatic nitrogens is 1. The molecule has 5 nitrogen and oxygen atoms in total. The van der Waals surface area contributed by atoms with Crippen molar-refractivity contribution in [1.29, 1.82) is 0 Å². The van der Waals surface area contributed by atoms with Crippen LogP contribution in [0.25, 0.3) is 22.2 Å². The summed E-state index contributed by atoms with van der Waals surface area (Å²) < 4.78 is 5.94. The highest BCUT2D eigenvalue weighted by molar-refractivity contribution is 5.86. The Bertz CT molecular complexity index is 947. The number of aryl methyl sites for hydroxylation is 1. The summed E-state index contributed by atoms with van der Waals surface area (Å²) in [4.78, 5) is 18.3. The second-order valence-electron chi connectivity index (χ2n) is 7.01. The fourth-order valence-corrected chi connectivity index (χ4v) is 3.61. The van der Waals surface area contributed by atoms with Crippen molar-refractivity contribution in [3.8, 4) is 11.5 Å². The molecular weight excluding hydrogens is 326 g/mol. The van der Waals surface area contributed by atoms with Crippen molar-refractivity contribution in [2.45, 2.75) is 32.9 Å². The van der Waals surface area contributed by atoms with Crippen LogP contribution in [0.5, 0.6) is 0 Å². The van der Waals surface area contributed by atoms with E-state index in [-0.39, 0.29) is 11.9 Å². The van der Waals surface area contributed by atoms with Gasteiger partial charge in [-0.05, 0) is 36.2 Å². The SMILES string of the molecule is CC(=O)NC1CCN(Cc2nc(-c3ccc4ccccc4c3)oc2C)C1. The van der Waals surface area contributed by atoms with E-state index in [9.17, 15) is 4.79 Å². The zero-order valence-corrected chi connectivity index (χ0v) is 15.2. The van der Waals surface area contributed by atoms with Crippen LogP contribution in [0.2, 0.25) is 0 Å². The lowest BCUT2D eigenvalue weighted by Gasteiger charge is -2.15. The lowest BCUT2D eigenvalue weighted by atomic mass is 10.1.